The number of hydrogen-bond acceptors (Lipinski definition) is 1. The minimum Gasteiger partial charge on any atom is -0.311 e. The van der Waals surface area contributed by atoms with Crippen LogP contribution in [0.5, 0.6) is 0 Å². The van der Waals surface area contributed by atoms with Crippen molar-refractivity contribution in [2.75, 3.05) is 4.90 Å². The highest BCUT2D eigenvalue weighted by atomic mass is 15.2. The fraction of sp³-hybridized carbons (Fsp3) is 0.0870. The molecular formula is C92H67BN4. The zero-order valence-corrected chi connectivity index (χ0v) is 54.4. The molecule has 6 heterocycles. The minimum atomic E-state index is -0.663. The van der Waals surface area contributed by atoms with Gasteiger partial charge in [-0.15, -0.1) is 0 Å². The van der Waals surface area contributed by atoms with Gasteiger partial charge in [0.05, 0.1) is 52.5 Å². The van der Waals surface area contributed by atoms with E-state index in [9.17, 15) is 8.22 Å². The monoisotopic (exact) mass is 1250 g/mol. The van der Waals surface area contributed by atoms with E-state index in [2.05, 4.69) is 254 Å². The summed E-state index contributed by atoms with van der Waals surface area (Å²) < 4.78 is 100. The Morgan fingerprint density at radius 2 is 0.835 bits per heavy atom. The van der Waals surface area contributed by atoms with Crippen molar-refractivity contribution in [1.82, 2.24) is 13.5 Å². The molecule has 97 heavy (non-hydrogen) atoms. The highest BCUT2D eigenvalue weighted by molar-refractivity contribution is 7.00. The summed E-state index contributed by atoms with van der Waals surface area (Å²) in [7, 11) is 0. The lowest BCUT2D eigenvalue weighted by molar-refractivity contribution is 0.590. The van der Waals surface area contributed by atoms with Crippen LogP contribution in [0.1, 0.15) is 66.4 Å². The van der Waals surface area contributed by atoms with Crippen molar-refractivity contribution in [3.63, 3.8) is 0 Å². The van der Waals surface area contributed by atoms with Crippen molar-refractivity contribution < 1.29 is 13.7 Å². The summed E-state index contributed by atoms with van der Waals surface area (Å²) in [6, 6.07) is 80.5. The lowest BCUT2D eigenvalue weighted by Gasteiger charge is -2.41. The Morgan fingerprint density at radius 1 is 0.309 bits per heavy atom. The second-order valence-electron chi connectivity index (χ2n) is 28.5. The van der Waals surface area contributed by atoms with Gasteiger partial charge in [-0.05, 0) is 172 Å². The van der Waals surface area contributed by atoms with Gasteiger partial charge in [0.15, 0.2) is 0 Å². The fourth-order valence-corrected chi connectivity index (χ4v) is 16.6. The summed E-state index contributed by atoms with van der Waals surface area (Å²) in [4.78, 5) is 2.34. The average molecular weight is 1250 g/mol. The van der Waals surface area contributed by atoms with Crippen LogP contribution in [0.3, 0.4) is 0 Å². The van der Waals surface area contributed by atoms with Gasteiger partial charge in [-0.3, -0.25) is 0 Å². The Labute approximate surface area is 577 Å². The first-order chi connectivity index (χ1) is 51.5. The van der Waals surface area contributed by atoms with Crippen molar-refractivity contribution in [2.45, 2.75) is 52.4 Å². The molecule has 14 aromatic carbocycles. The van der Waals surface area contributed by atoms with Gasteiger partial charge in [0.25, 0.3) is 6.71 Å². The molecule has 0 amide bonds. The maximum absolute atomic E-state index is 9.76. The summed E-state index contributed by atoms with van der Waals surface area (Å²) in [5.74, 6) is 0. The maximum atomic E-state index is 9.76. The SMILES string of the molecule is [2H]c1c([2H])c([2H])c(-c2ccc3c(c2)N(c2ccc(-c4ccccc4)cc2)c2c4c(cc5c2c2cccc6c7ccccc7c7ccccc7c7ccccc7n5c62)-n2c5ccc(-n6c7ccc(C(C)(C)C)cc7c7cc(C(C)(C)C)ccc76)cc5c5cc(-c6c([2H])c([2H])c([2H])c([2H])c6[2H])cc(c52)B34)c([2H])c1[2H]. The van der Waals surface area contributed by atoms with E-state index in [1.165, 1.54) is 11.1 Å². The third-order valence-electron chi connectivity index (χ3n) is 21.0. The fourth-order valence-electron chi connectivity index (χ4n) is 16.6. The number of rotatable bonds is 5. The van der Waals surface area contributed by atoms with Crippen LogP contribution < -0.4 is 21.3 Å². The summed E-state index contributed by atoms with van der Waals surface area (Å²) >= 11 is 0. The van der Waals surface area contributed by atoms with Crippen LogP contribution in [0.4, 0.5) is 17.1 Å². The molecule has 20 rings (SSSR count). The number of benzene rings is 14. The van der Waals surface area contributed by atoms with E-state index < -0.39 is 43.0 Å². The van der Waals surface area contributed by atoms with E-state index in [0.717, 1.165) is 154 Å². The first-order valence-electron chi connectivity index (χ1n) is 38.4. The van der Waals surface area contributed by atoms with Gasteiger partial charge in [0.2, 0.25) is 0 Å². The molecule has 0 saturated carbocycles. The van der Waals surface area contributed by atoms with Crippen LogP contribution >= 0.6 is 0 Å². The lowest BCUT2D eigenvalue weighted by atomic mass is 9.33. The van der Waals surface area contributed by atoms with Crippen molar-refractivity contribution in [3.8, 4) is 44.8 Å². The normalized spacial score (nSPS) is 14.5. The summed E-state index contributed by atoms with van der Waals surface area (Å²) in [6.45, 7) is 12.9. The van der Waals surface area contributed by atoms with E-state index in [4.69, 9.17) is 5.48 Å². The number of nitrogens with zero attached hydrogens (tertiary/aromatic N) is 4. The molecule has 0 spiro atoms. The van der Waals surface area contributed by atoms with Crippen molar-refractivity contribution in [3.05, 3.63) is 308 Å². The van der Waals surface area contributed by atoms with Crippen molar-refractivity contribution in [1.29, 1.82) is 0 Å². The molecule has 458 valence electrons. The lowest BCUT2D eigenvalue weighted by Crippen LogP contribution is -2.60. The third-order valence-corrected chi connectivity index (χ3v) is 21.0. The Kier molecular flexibility index (Phi) is 9.78. The molecule has 0 atom stereocenters. The van der Waals surface area contributed by atoms with Crippen LogP contribution in [-0.4, -0.2) is 20.2 Å². The molecule has 0 N–H and O–H groups in total. The van der Waals surface area contributed by atoms with Crippen LogP contribution in [0, 0.1) is 0 Å². The molecule has 2 aliphatic rings. The topological polar surface area (TPSA) is 17.5 Å². The summed E-state index contributed by atoms with van der Waals surface area (Å²) in [5.41, 5.74) is 18.8. The Bertz CT molecular complexity index is 6970. The second kappa shape index (κ2) is 20.4. The van der Waals surface area contributed by atoms with Gasteiger partial charge >= 0.3 is 0 Å². The van der Waals surface area contributed by atoms with E-state index in [1.54, 1.807) is 0 Å². The third kappa shape index (κ3) is 8.12. The summed E-state index contributed by atoms with van der Waals surface area (Å²) in [6.07, 6.45) is 0. The van der Waals surface area contributed by atoms with Gasteiger partial charge in [0, 0.05) is 71.4 Å². The van der Waals surface area contributed by atoms with Crippen LogP contribution in [0.25, 0.3) is 148 Å². The molecule has 4 aromatic heterocycles. The molecule has 0 unspecified atom stereocenters. The largest absolute Gasteiger partial charge is 0.311 e. The molecule has 0 bridgehead atoms. The molecule has 0 saturated heterocycles. The molecule has 18 aromatic rings. The van der Waals surface area contributed by atoms with Gasteiger partial charge in [-0.2, -0.15) is 0 Å². The molecule has 5 heteroatoms. The molecule has 0 radical (unpaired) electrons. The average Bonchev–Trinajstić information content (AvgIpc) is 1.52. The Morgan fingerprint density at radius 3 is 1.49 bits per heavy atom. The van der Waals surface area contributed by atoms with Gasteiger partial charge in [0.1, 0.15) is 0 Å². The van der Waals surface area contributed by atoms with Crippen LogP contribution in [-0.2, 0) is 10.8 Å². The first kappa shape index (κ1) is 46.4. The van der Waals surface area contributed by atoms with E-state index in [-0.39, 0.29) is 46.1 Å². The van der Waals surface area contributed by atoms with Gasteiger partial charge < -0.3 is 18.4 Å². The zero-order valence-electron chi connectivity index (χ0n) is 64.4. The summed E-state index contributed by atoms with van der Waals surface area (Å²) in [5, 5.41) is 12.3. The number of anilines is 3. The van der Waals surface area contributed by atoms with Crippen LogP contribution in [0.2, 0.25) is 0 Å². The van der Waals surface area contributed by atoms with Crippen LogP contribution in [0.15, 0.2) is 297 Å². The molecule has 0 aliphatic carbocycles. The maximum Gasteiger partial charge on any atom is 0.252 e. The van der Waals surface area contributed by atoms with E-state index in [1.807, 2.05) is 42.5 Å². The smallest absolute Gasteiger partial charge is 0.252 e. The molecule has 2 aliphatic heterocycles. The van der Waals surface area contributed by atoms with E-state index >= 15 is 0 Å². The van der Waals surface area contributed by atoms with Crippen molar-refractivity contribution in [2.24, 2.45) is 0 Å². The van der Waals surface area contributed by atoms with Gasteiger partial charge in [-0.25, -0.2) is 0 Å². The van der Waals surface area contributed by atoms with Gasteiger partial charge in [-0.1, -0.05) is 260 Å². The number of aromatic nitrogens is 3. The molecule has 0 fully saturated rings. The quantitative estimate of drug-likeness (QED) is 0.157. The molecular weight excluding hydrogens is 1170 g/mol. The Hall–Kier alpha value is -11.7. The minimum absolute atomic E-state index is 0.0619. The zero-order chi connectivity index (χ0) is 73.4. The second-order valence-corrected chi connectivity index (χ2v) is 28.5. The Balaban J connectivity index is 1.01. The highest BCUT2D eigenvalue weighted by Gasteiger charge is 2.45. The molecule has 4 nitrogen and oxygen atoms in total. The highest BCUT2D eigenvalue weighted by Crippen LogP contribution is 2.51. The number of para-hydroxylation sites is 2. The predicted molar refractivity (Wildman–Crippen MR) is 415 cm³/mol. The van der Waals surface area contributed by atoms with Crippen molar-refractivity contribution >= 4 is 143 Å². The van der Waals surface area contributed by atoms with E-state index in [0.29, 0.717) is 16.8 Å². The number of hydrogen-bond donors (Lipinski definition) is 0. The predicted octanol–water partition coefficient (Wildman–Crippen LogP) is 22.7. The number of fused-ring (bicyclic) bond motifs is 21. The standard InChI is InChI=1S/C92H67BN4/c1-91(2,3)62-40-46-80-73(52-62)74-53-63(92(4,5)6)41-47-81(74)94(80)65-44-48-82-75(54-65)76-49-61(58-27-14-9-15-28-58)50-78-89(76)97(82)85-55-84-86(72-35-22-34-71-69-32-19-17-30-67(69)66-29-16-18-31-68(66)70-33-20-21-36-79(70)96(84)88(71)72)90-87(85)93(78)77-45-39-60(57-25-12-8-13-26-57)51-83(77)95(90)64-42-37-59(38-43-64)56-23-10-7-11-24-56/h7-55H,1-6H3/i8D,9D,12D,13D,14D,15D,25D,26D,27D,28D. The first-order valence-corrected chi connectivity index (χ1v) is 33.4.